The van der Waals surface area contributed by atoms with Crippen LogP contribution in [0.1, 0.15) is 25.3 Å². The first-order valence-corrected chi connectivity index (χ1v) is 6.00. The fourth-order valence-corrected chi connectivity index (χ4v) is 2.14. The van der Waals surface area contributed by atoms with Gasteiger partial charge < -0.3 is 4.74 Å². The van der Waals surface area contributed by atoms with Gasteiger partial charge in [-0.2, -0.15) is 0 Å². The van der Waals surface area contributed by atoms with Crippen LogP contribution in [0.2, 0.25) is 5.02 Å². The van der Waals surface area contributed by atoms with Crippen molar-refractivity contribution in [2.75, 3.05) is 6.61 Å². The molecule has 0 aromatic heterocycles. The number of benzene rings is 1. The van der Waals surface area contributed by atoms with E-state index < -0.39 is 11.4 Å². The first kappa shape index (κ1) is 12.5. The largest absolute Gasteiger partial charge is 0.367 e. The zero-order valence-electron chi connectivity index (χ0n) is 9.63. The van der Waals surface area contributed by atoms with Crippen molar-refractivity contribution in [2.24, 2.45) is 0 Å². The van der Waals surface area contributed by atoms with Crippen LogP contribution in [0.15, 0.2) is 18.2 Å². The summed E-state index contributed by atoms with van der Waals surface area (Å²) < 4.78 is 18.7. The van der Waals surface area contributed by atoms with Gasteiger partial charge in [0.2, 0.25) is 0 Å². The van der Waals surface area contributed by atoms with Crippen molar-refractivity contribution in [2.45, 2.75) is 31.8 Å². The average Bonchev–Trinajstić information content (AvgIpc) is 2.72. The number of Topliss-reactive ketones (excluding diaryl/α,β-unsaturated/α-hetero) is 1. The molecule has 1 heterocycles. The molecule has 2 nitrogen and oxygen atoms in total. The van der Waals surface area contributed by atoms with Crippen LogP contribution in [0, 0.1) is 5.82 Å². The molecule has 0 amide bonds. The molecule has 1 saturated heterocycles. The molecule has 0 radical (unpaired) electrons. The molecule has 1 aromatic rings. The van der Waals surface area contributed by atoms with Crippen molar-refractivity contribution < 1.29 is 13.9 Å². The van der Waals surface area contributed by atoms with E-state index in [2.05, 4.69) is 0 Å². The molecule has 0 aliphatic carbocycles. The number of hydrogen-bond donors (Lipinski definition) is 0. The predicted octanol–water partition coefficient (Wildman–Crippen LogP) is 3.16. The number of carbonyl (C=O) groups is 1. The van der Waals surface area contributed by atoms with Gasteiger partial charge in [-0.25, -0.2) is 4.39 Å². The summed E-state index contributed by atoms with van der Waals surface area (Å²) in [4.78, 5) is 12.1. The third-order valence-electron chi connectivity index (χ3n) is 3.16. The highest BCUT2D eigenvalue weighted by Crippen LogP contribution is 2.27. The van der Waals surface area contributed by atoms with E-state index in [-0.39, 0.29) is 17.2 Å². The molecule has 0 N–H and O–H groups in total. The molecule has 1 atom stereocenters. The summed E-state index contributed by atoms with van der Waals surface area (Å²) in [6, 6.07) is 4.44. The standard InChI is InChI=1S/C13H14ClFO2/c1-13(5-2-6-17-13)12(16)8-9-3-4-10(14)11(15)7-9/h3-4,7H,2,5-6,8H2,1H3. The number of carbonyl (C=O) groups excluding carboxylic acids is 1. The van der Waals surface area contributed by atoms with E-state index in [9.17, 15) is 9.18 Å². The van der Waals surface area contributed by atoms with Gasteiger partial charge in [0.05, 0.1) is 5.02 Å². The molecule has 0 spiro atoms. The Balaban J connectivity index is 2.10. The van der Waals surface area contributed by atoms with Gasteiger partial charge in [-0.1, -0.05) is 17.7 Å². The highest BCUT2D eigenvalue weighted by atomic mass is 35.5. The highest BCUT2D eigenvalue weighted by molar-refractivity contribution is 6.30. The zero-order valence-corrected chi connectivity index (χ0v) is 10.4. The minimum atomic E-state index is -0.698. The van der Waals surface area contributed by atoms with E-state index in [1.165, 1.54) is 12.1 Å². The molecule has 17 heavy (non-hydrogen) atoms. The van der Waals surface area contributed by atoms with Crippen molar-refractivity contribution in [3.05, 3.63) is 34.6 Å². The smallest absolute Gasteiger partial charge is 0.168 e. The highest BCUT2D eigenvalue weighted by Gasteiger charge is 2.36. The molecule has 92 valence electrons. The Labute approximate surface area is 105 Å². The second-order valence-corrected chi connectivity index (χ2v) is 4.94. The Kier molecular flexibility index (Phi) is 3.50. The van der Waals surface area contributed by atoms with Gasteiger partial charge in [0, 0.05) is 13.0 Å². The second kappa shape index (κ2) is 4.75. The van der Waals surface area contributed by atoms with Crippen LogP contribution in [0.25, 0.3) is 0 Å². The molecule has 0 saturated carbocycles. The van der Waals surface area contributed by atoms with E-state index in [4.69, 9.17) is 16.3 Å². The number of hydrogen-bond acceptors (Lipinski definition) is 2. The first-order valence-electron chi connectivity index (χ1n) is 5.62. The van der Waals surface area contributed by atoms with Gasteiger partial charge in [0.25, 0.3) is 0 Å². The molecule has 4 heteroatoms. The van der Waals surface area contributed by atoms with Crippen LogP contribution in [-0.4, -0.2) is 18.0 Å². The first-order chi connectivity index (χ1) is 8.01. The van der Waals surface area contributed by atoms with Crippen LogP contribution >= 0.6 is 11.6 Å². The summed E-state index contributed by atoms with van der Waals surface area (Å²) in [6.45, 7) is 2.42. The van der Waals surface area contributed by atoms with Crippen molar-refractivity contribution in [3.63, 3.8) is 0 Å². The normalized spacial score (nSPS) is 23.9. The topological polar surface area (TPSA) is 26.3 Å². The van der Waals surface area contributed by atoms with E-state index in [1.54, 1.807) is 13.0 Å². The van der Waals surface area contributed by atoms with Crippen LogP contribution in [-0.2, 0) is 16.0 Å². The Bertz CT molecular complexity index is 439. The van der Waals surface area contributed by atoms with Crippen molar-refractivity contribution in [1.29, 1.82) is 0 Å². The lowest BCUT2D eigenvalue weighted by Crippen LogP contribution is -2.35. The van der Waals surface area contributed by atoms with Gasteiger partial charge in [-0.05, 0) is 37.5 Å². The quantitative estimate of drug-likeness (QED) is 0.830. The molecule has 0 bridgehead atoms. The zero-order chi connectivity index (χ0) is 12.5. The van der Waals surface area contributed by atoms with E-state index in [0.717, 1.165) is 12.8 Å². The SMILES string of the molecule is CC1(C(=O)Cc2ccc(Cl)c(F)c2)CCCO1. The lowest BCUT2D eigenvalue weighted by Gasteiger charge is -2.21. The minimum Gasteiger partial charge on any atom is -0.367 e. The predicted molar refractivity (Wildman–Crippen MR) is 63.7 cm³/mol. The third-order valence-corrected chi connectivity index (χ3v) is 3.46. The van der Waals surface area contributed by atoms with Gasteiger partial charge in [-0.3, -0.25) is 4.79 Å². The fraction of sp³-hybridized carbons (Fsp3) is 0.462. The number of rotatable bonds is 3. The molecule has 1 unspecified atom stereocenters. The second-order valence-electron chi connectivity index (χ2n) is 4.53. The summed E-state index contributed by atoms with van der Waals surface area (Å²) in [5.41, 5.74) is -0.0653. The maximum absolute atomic E-state index is 13.2. The van der Waals surface area contributed by atoms with Gasteiger partial charge in [0.1, 0.15) is 11.4 Å². The van der Waals surface area contributed by atoms with E-state index >= 15 is 0 Å². The van der Waals surface area contributed by atoms with Crippen LogP contribution in [0.5, 0.6) is 0 Å². The van der Waals surface area contributed by atoms with Crippen LogP contribution in [0.4, 0.5) is 4.39 Å². The average molecular weight is 257 g/mol. The number of halogens is 2. The Morgan fingerprint density at radius 1 is 1.59 bits per heavy atom. The number of ether oxygens (including phenoxy) is 1. The Morgan fingerprint density at radius 3 is 2.94 bits per heavy atom. The summed E-state index contributed by atoms with van der Waals surface area (Å²) in [5.74, 6) is -0.494. The molecular formula is C13H14ClFO2. The van der Waals surface area contributed by atoms with Gasteiger partial charge in [-0.15, -0.1) is 0 Å². The van der Waals surface area contributed by atoms with Gasteiger partial charge >= 0.3 is 0 Å². The van der Waals surface area contributed by atoms with Crippen LogP contribution < -0.4 is 0 Å². The molecule has 1 fully saturated rings. The maximum Gasteiger partial charge on any atom is 0.168 e. The van der Waals surface area contributed by atoms with Crippen molar-refractivity contribution >= 4 is 17.4 Å². The summed E-state index contributed by atoms with van der Waals surface area (Å²) in [7, 11) is 0. The maximum atomic E-state index is 13.2. The van der Waals surface area contributed by atoms with E-state index in [0.29, 0.717) is 12.2 Å². The molecule has 1 aliphatic rings. The minimum absolute atomic E-state index is 0.00303. The lowest BCUT2D eigenvalue weighted by atomic mass is 9.92. The summed E-state index contributed by atoms with van der Waals surface area (Å²) >= 11 is 5.59. The third kappa shape index (κ3) is 2.67. The van der Waals surface area contributed by atoms with Crippen LogP contribution in [0.3, 0.4) is 0 Å². The molecule has 2 rings (SSSR count). The van der Waals surface area contributed by atoms with Gasteiger partial charge in [0.15, 0.2) is 5.78 Å². The van der Waals surface area contributed by atoms with Crippen molar-refractivity contribution in [1.82, 2.24) is 0 Å². The number of ketones is 1. The summed E-state index contributed by atoms with van der Waals surface area (Å²) in [5, 5.41) is 0.0736. The Morgan fingerprint density at radius 2 is 2.35 bits per heavy atom. The molecular weight excluding hydrogens is 243 g/mol. The molecule has 1 aliphatic heterocycles. The monoisotopic (exact) mass is 256 g/mol. The Hall–Kier alpha value is -0.930. The molecule has 1 aromatic carbocycles. The van der Waals surface area contributed by atoms with E-state index in [1.807, 2.05) is 0 Å². The summed E-state index contributed by atoms with van der Waals surface area (Å²) in [6.07, 6.45) is 1.82. The lowest BCUT2D eigenvalue weighted by molar-refractivity contribution is -0.136. The fourth-order valence-electron chi connectivity index (χ4n) is 2.02. The van der Waals surface area contributed by atoms with Crippen molar-refractivity contribution in [3.8, 4) is 0 Å².